The highest BCUT2D eigenvalue weighted by Crippen LogP contribution is 2.32. The molecular weight excluding hydrogens is 290 g/mol. The van der Waals surface area contributed by atoms with E-state index < -0.39 is 0 Å². The van der Waals surface area contributed by atoms with Gasteiger partial charge in [0.05, 0.1) is 19.9 Å². The molecule has 0 aliphatic heterocycles. The monoisotopic (exact) mass is 307 g/mol. The van der Waals surface area contributed by atoms with E-state index in [1.165, 1.54) is 6.07 Å². The van der Waals surface area contributed by atoms with E-state index in [2.05, 4.69) is 4.98 Å². The largest absolute Gasteiger partial charge is 0.497 e. The second kappa shape index (κ2) is 6.55. The summed E-state index contributed by atoms with van der Waals surface area (Å²) >= 11 is 5.21. The summed E-state index contributed by atoms with van der Waals surface area (Å²) in [6.07, 6.45) is 0. The number of nitrogens with two attached hydrogens (primary N) is 1. The average Bonchev–Trinajstić information content (AvgIpc) is 2.49. The molecule has 0 bridgehead atoms. The first-order valence-electron chi connectivity index (χ1n) is 6.37. The summed E-state index contributed by atoms with van der Waals surface area (Å²) in [5, 5.41) is 0. The predicted octanol–water partition coefficient (Wildman–Crippen LogP) is 1.55. The third kappa shape index (κ3) is 3.14. The van der Waals surface area contributed by atoms with Crippen molar-refractivity contribution in [3.05, 3.63) is 39.4 Å². The van der Waals surface area contributed by atoms with Crippen molar-refractivity contribution in [3.63, 3.8) is 0 Å². The van der Waals surface area contributed by atoms with Crippen LogP contribution in [0.3, 0.4) is 0 Å². The Kier molecular flexibility index (Phi) is 4.77. The van der Waals surface area contributed by atoms with Gasteiger partial charge in [-0.05, 0) is 24.4 Å². The molecule has 1 aromatic carbocycles. The standard InChI is InChI=1S/C14H17N3O3S/c1-19-9-3-4-10(12(7-9)20-2)11-8-13(18)16-14(21)17(11)6-5-15/h3-4,7-8H,5-6,15H2,1-2H3,(H,16,18,21). The number of rotatable bonds is 5. The zero-order valence-electron chi connectivity index (χ0n) is 11.9. The number of hydrogen-bond donors (Lipinski definition) is 2. The van der Waals surface area contributed by atoms with Crippen LogP contribution in [-0.4, -0.2) is 30.3 Å². The molecule has 21 heavy (non-hydrogen) atoms. The van der Waals surface area contributed by atoms with Crippen molar-refractivity contribution in [3.8, 4) is 22.8 Å². The Morgan fingerprint density at radius 1 is 1.29 bits per heavy atom. The van der Waals surface area contributed by atoms with Crippen LogP contribution in [0.25, 0.3) is 11.3 Å². The highest BCUT2D eigenvalue weighted by atomic mass is 32.1. The summed E-state index contributed by atoms with van der Waals surface area (Å²) in [5.74, 6) is 1.27. The fourth-order valence-corrected chi connectivity index (χ4v) is 2.40. The molecule has 3 N–H and O–H groups in total. The molecule has 0 aliphatic carbocycles. The van der Waals surface area contributed by atoms with Crippen LogP contribution in [-0.2, 0) is 6.54 Å². The van der Waals surface area contributed by atoms with Gasteiger partial charge in [-0.2, -0.15) is 0 Å². The highest BCUT2D eigenvalue weighted by molar-refractivity contribution is 7.71. The zero-order chi connectivity index (χ0) is 15.4. The average molecular weight is 307 g/mol. The van der Waals surface area contributed by atoms with Gasteiger partial charge in [-0.3, -0.25) is 9.78 Å². The predicted molar refractivity (Wildman–Crippen MR) is 83.5 cm³/mol. The maximum Gasteiger partial charge on any atom is 0.252 e. The lowest BCUT2D eigenvalue weighted by Gasteiger charge is -2.15. The van der Waals surface area contributed by atoms with E-state index in [0.717, 1.165) is 5.56 Å². The molecule has 0 atom stereocenters. The lowest BCUT2D eigenvalue weighted by atomic mass is 10.1. The number of H-pyrrole nitrogens is 1. The molecule has 0 fully saturated rings. The van der Waals surface area contributed by atoms with Gasteiger partial charge >= 0.3 is 0 Å². The Balaban J connectivity index is 2.71. The van der Waals surface area contributed by atoms with Crippen molar-refractivity contribution in [1.82, 2.24) is 9.55 Å². The second-order valence-electron chi connectivity index (χ2n) is 4.33. The summed E-state index contributed by atoms with van der Waals surface area (Å²) in [4.78, 5) is 14.3. The number of aromatic nitrogens is 2. The number of benzene rings is 1. The van der Waals surface area contributed by atoms with Crippen molar-refractivity contribution in [1.29, 1.82) is 0 Å². The minimum atomic E-state index is -0.263. The molecule has 0 unspecified atom stereocenters. The Labute approximate surface area is 127 Å². The SMILES string of the molecule is COc1ccc(-c2cc(=O)[nH]c(=S)n2CCN)c(OC)c1. The van der Waals surface area contributed by atoms with E-state index in [-0.39, 0.29) is 5.56 Å². The molecule has 0 radical (unpaired) electrons. The van der Waals surface area contributed by atoms with Crippen molar-refractivity contribution >= 4 is 12.2 Å². The van der Waals surface area contributed by atoms with Gasteiger partial charge in [0.15, 0.2) is 4.77 Å². The van der Waals surface area contributed by atoms with Crippen LogP contribution < -0.4 is 20.8 Å². The maximum absolute atomic E-state index is 11.7. The summed E-state index contributed by atoms with van der Waals surface area (Å²) in [5.41, 5.74) is 6.77. The van der Waals surface area contributed by atoms with Gasteiger partial charge in [-0.15, -0.1) is 0 Å². The molecule has 2 aromatic rings. The Morgan fingerprint density at radius 3 is 2.67 bits per heavy atom. The number of nitrogens with zero attached hydrogens (tertiary/aromatic N) is 1. The first kappa shape index (κ1) is 15.3. The van der Waals surface area contributed by atoms with Gasteiger partial charge in [0.1, 0.15) is 11.5 Å². The maximum atomic E-state index is 11.7. The van der Waals surface area contributed by atoms with Crippen molar-refractivity contribution in [2.75, 3.05) is 20.8 Å². The Morgan fingerprint density at radius 2 is 2.05 bits per heavy atom. The first-order valence-corrected chi connectivity index (χ1v) is 6.78. The van der Waals surface area contributed by atoms with Crippen LogP contribution in [0.2, 0.25) is 0 Å². The number of methoxy groups -OCH3 is 2. The Hall–Kier alpha value is -2.12. The molecule has 2 rings (SSSR count). The molecule has 0 saturated heterocycles. The summed E-state index contributed by atoms with van der Waals surface area (Å²) < 4.78 is 12.7. The van der Waals surface area contributed by atoms with E-state index in [1.54, 1.807) is 30.9 Å². The van der Waals surface area contributed by atoms with Gasteiger partial charge in [0, 0.05) is 30.8 Å². The van der Waals surface area contributed by atoms with Gasteiger partial charge in [-0.1, -0.05) is 0 Å². The highest BCUT2D eigenvalue weighted by Gasteiger charge is 2.12. The number of hydrogen-bond acceptors (Lipinski definition) is 5. The fraction of sp³-hybridized carbons (Fsp3) is 0.286. The van der Waals surface area contributed by atoms with E-state index in [0.29, 0.717) is 35.1 Å². The van der Waals surface area contributed by atoms with E-state index in [1.807, 2.05) is 6.07 Å². The molecule has 0 spiro atoms. The third-order valence-electron chi connectivity index (χ3n) is 3.07. The molecule has 0 amide bonds. The van der Waals surface area contributed by atoms with Crippen molar-refractivity contribution < 1.29 is 9.47 Å². The minimum Gasteiger partial charge on any atom is -0.497 e. The second-order valence-corrected chi connectivity index (χ2v) is 4.72. The number of nitrogens with one attached hydrogen (secondary N) is 1. The molecule has 7 heteroatoms. The number of aromatic amines is 1. The Bertz CT molecular complexity index is 752. The fourth-order valence-electron chi connectivity index (χ4n) is 2.10. The van der Waals surface area contributed by atoms with Crippen LogP contribution in [0.1, 0.15) is 0 Å². The van der Waals surface area contributed by atoms with E-state index in [4.69, 9.17) is 27.4 Å². The first-order chi connectivity index (χ1) is 10.1. The van der Waals surface area contributed by atoms with Crippen LogP contribution in [0.5, 0.6) is 11.5 Å². The topological polar surface area (TPSA) is 82.3 Å². The zero-order valence-corrected chi connectivity index (χ0v) is 12.7. The summed E-state index contributed by atoms with van der Waals surface area (Å²) in [6.45, 7) is 0.909. The summed E-state index contributed by atoms with van der Waals surface area (Å²) in [6, 6.07) is 6.87. The van der Waals surface area contributed by atoms with Crippen LogP contribution >= 0.6 is 12.2 Å². The lowest BCUT2D eigenvalue weighted by Crippen LogP contribution is -2.19. The van der Waals surface area contributed by atoms with Gasteiger partial charge in [0.2, 0.25) is 0 Å². The molecule has 1 aromatic heterocycles. The van der Waals surface area contributed by atoms with E-state index in [9.17, 15) is 4.79 Å². The number of ether oxygens (including phenoxy) is 2. The van der Waals surface area contributed by atoms with Gasteiger partial charge in [0.25, 0.3) is 5.56 Å². The third-order valence-corrected chi connectivity index (χ3v) is 3.39. The molecule has 1 heterocycles. The molecule has 6 nitrogen and oxygen atoms in total. The van der Waals surface area contributed by atoms with Gasteiger partial charge in [-0.25, -0.2) is 0 Å². The quantitative estimate of drug-likeness (QED) is 0.819. The van der Waals surface area contributed by atoms with E-state index >= 15 is 0 Å². The molecule has 0 saturated carbocycles. The van der Waals surface area contributed by atoms with Crippen LogP contribution in [0, 0.1) is 4.77 Å². The van der Waals surface area contributed by atoms with Crippen molar-refractivity contribution in [2.24, 2.45) is 5.73 Å². The van der Waals surface area contributed by atoms with Gasteiger partial charge < -0.3 is 19.8 Å². The molecule has 112 valence electrons. The smallest absolute Gasteiger partial charge is 0.252 e. The summed E-state index contributed by atoms with van der Waals surface area (Å²) in [7, 11) is 3.14. The van der Waals surface area contributed by atoms with Crippen LogP contribution in [0.4, 0.5) is 0 Å². The minimum absolute atomic E-state index is 0.263. The molecular formula is C14H17N3O3S. The molecule has 0 aliphatic rings. The van der Waals surface area contributed by atoms with Crippen molar-refractivity contribution in [2.45, 2.75) is 6.54 Å². The lowest BCUT2D eigenvalue weighted by molar-refractivity contribution is 0.395. The van der Waals surface area contributed by atoms with Crippen LogP contribution in [0.15, 0.2) is 29.1 Å². The normalized spacial score (nSPS) is 10.4.